The molecule has 0 saturated heterocycles. The number of rotatable bonds is 7. The molecule has 9 nitrogen and oxygen atoms in total. The maximum atomic E-state index is 12.6. The standard InChI is InChI=1S/C24H34N4O5S/c1-4-21-17(3)15-28(22(21)29)24(31)25-14-13-18-7-11-20(12-8-18)34(32,33)27-23(30)26-19-9-5-16(2)6-10-19/h7-8,11-12,16,19H,4-6,9-10,13-15H2,1-3H3,(H,25,31)(H2,26,27,30)/i2D3. The van der Waals surface area contributed by atoms with E-state index in [0.717, 1.165) is 11.1 Å². The number of imide groups is 1. The number of carbonyl (C=O) groups excluding carboxylic acids is 3. The van der Waals surface area contributed by atoms with Crippen molar-refractivity contribution in [3.8, 4) is 0 Å². The highest BCUT2D eigenvalue weighted by molar-refractivity contribution is 7.90. The van der Waals surface area contributed by atoms with Crippen molar-refractivity contribution < 1.29 is 26.9 Å². The Morgan fingerprint density at radius 2 is 1.82 bits per heavy atom. The van der Waals surface area contributed by atoms with Crippen LogP contribution in [0.3, 0.4) is 0 Å². The lowest BCUT2D eigenvalue weighted by atomic mass is 9.87. The van der Waals surface area contributed by atoms with Gasteiger partial charge in [-0.2, -0.15) is 0 Å². The van der Waals surface area contributed by atoms with Crippen molar-refractivity contribution in [2.45, 2.75) is 70.2 Å². The molecule has 3 N–H and O–H groups in total. The highest BCUT2D eigenvalue weighted by Crippen LogP contribution is 2.23. The van der Waals surface area contributed by atoms with Crippen molar-refractivity contribution in [2.75, 3.05) is 13.1 Å². The highest BCUT2D eigenvalue weighted by atomic mass is 32.2. The van der Waals surface area contributed by atoms with Gasteiger partial charge in [-0.05, 0) is 74.6 Å². The molecule has 0 spiro atoms. The number of nitrogens with zero attached hydrogens (tertiary/aromatic N) is 1. The Morgan fingerprint density at radius 3 is 2.41 bits per heavy atom. The Labute approximate surface area is 205 Å². The lowest BCUT2D eigenvalue weighted by molar-refractivity contribution is -0.123. The number of amides is 5. The van der Waals surface area contributed by atoms with Crippen molar-refractivity contribution in [3.63, 3.8) is 0 Å². The van der Waals surface area contributed by atoms with E-state index in [9.17, 15) is 22.8 Å². The molecule has 0 unspecified atom stereocenters. The fraction of sp³-hybridized carbons (Fsp3) is 0.542. The van der Waals surface area contributed by atoms with Crippen LogP contribution >= 0.6 is 0 Å². The predicted octanol–water partition coefficient (Wildman–Crippen LogP) is 3.07. The summed E-state index contributed by atoms with van der Waals surface area (Å²) in [6.07, 6.45) is 2.84. The van der Waals surface area contributed by atoms with Gasteiger partial charge in [-0.15, -0.1) is 0 Å². The van der Waals surface area contributed by atoms with Gasteiger partial charge < -0.3 is 10.6 Å². The van der Waals surface area contributed by atoms with Gasteiger partial charge in [-0.25, -0.2) is 22.7 Å². The molecule has 1 aromatic carbocycles. The number of benzene rings is 1. The van der Waals surface area contributed by atoms with Gasteiger partial charge in [-0.1, -0.05) is 25.9 Å². The van der Waals surface area contributed by atoms with Crippen molar-refractivity contribution in [3.05, 3.63) is 41.0 Å². The summed E-state index contributed by atoms with van der Waals surface area (Å²) in [4.78, 5) is 38.0. The van der Waals surface area contributed by atoms with Crippen LogP contribution in [0.4, 0.5) is 9.59 Å². The molecule has 186 valence electrons. The molecule has 0 bridgehead atoms. The maximum Gasteiger partial charge on any atom is 0.328 e. The minimum atomic E-state index is -4.10. The second kappa shape index (κ2) is 11.0. The third kappa shape index (κ3) is 6.37. The van der Waals surface area contributed by atoms with E-state index < -0.39 is 34.9 Å². The lowest BCUT2D eigenvalue weighted by Crippen LogP contribution is -2.45. The molecule has 3 rings (SSSR count). The van der Waals surface area contributed by atoms with Gasteiger partial charge >= 0.3 is 12.1 Å². The average molecular weight is 494 g/mol. The van der Waals surface area contributed by atoms with Gasteiger partial charge in [0, 0.05) is 22.3 Å². The number of sulfonamides is 1. The average Bonchev–Trinajstić information content (AvgIpc) is 3.11. The Kier molecular flexibility index (Phi) is 7.02. The van der Waals surface area contributed by atoms with Crippen LogP contribution in [0.25, 0.3) is 0 Å². The summed E-state index contributed by atoms with van der Waals surface area (Å²) in [5.74, 6) is -0.672. The summed E-state index contributed by atoms with van der Waals surface area (Å²) in [5.41, 5.74) is 2.32. The van der Waals surface area contributed by atoms with Gasteiger partial charge in [0.15, 0.2) is 0 Å². The van der Waals surface area contributed by atoms with Crippen LogP contribution in [-0.2, 0) is 21.2 Å². The van der Waals surface area contributed by atoms with Gasteiger partial charge in [0.25, 0.3) is 15.9 Å². The minimum absolute atomic E-state index is 0.0853. The molecule has 0 radical (unpaired) electrons. The van der Waals surface area contributed by atoms with Crippen LogP contribution < -0.4 is 15.4 Å². The molecule has 5 amide bonds. The Morgan fingerprint density at radius 1 is 1.15 bits per heavy atom. The zero-order valence-electron chi connectivity index (χ0n) is 22.5. The Bertz CT molecular complexity index is 1160. The molecule has 1 aliphatic carbocycles. The monoisotopic (exact) mass is 493 g/mol. The largest absolute Gasteiger partial charge is 0.337 e. The molecule has 0 atom stereocenters. The molecule has 2 aliphatic rings. The summed E-state index contributed by atoms with van der Waals surface area (Å²) in [5, 5.41) is 5.33. The van der Waals surface area contributed by atoms with Gasteiger partial charge in [-0.3, -0.25) is 9.69 Å². The van der Waals surface area contributed by atoms with Crippen LogP contribution in [-0.4, -0.2) is 50.4 Å². The van der Waals surface area contributed by atoms with E-state index in [1.54, 1.807) is 12.1 Å². The molecule has 34 heavy (non-hydrogen) atoms. The minimum Gasteiger partial charge on any atom is -0.337 e. The van der Waals surface area contributed by atoms with Crippen molar-refractivity contribution in [1.82, 2.24) is 20.3 Å². The quantitative estimate of drug-likeness (QED) is 0.538. The molecule has 0 aromatic heterocycles. The van der Waals surface area contributed by atoms with Gasteiger partial charge in [0.2, 0.25) is 0 Å². The van der Waals surface area contributed by atoms with E-state index in [4.69, 9.17) is 4.11 Å². The van der Waals surface area contributed by atoms with E-state index in [2.05, 4.69) is 10.6 Å². The zero-order valence-corrected chi connectivity index (χ0v) is 20.3. The topological polar surface area (TPSA) is 125 Å². The van der Waals surface area contributed by atoms with Crippen LogP contribution in [0.2, 0.25) is 0 Å². The maximum absolute atomic E-state index is 12.6. The first-order valence-corrected chi connectivity index (χ1v) is 13.0. The second-order valence-corrected chi connectivity index (χ2v) is 10.4. The number of carbonyl (C=O) groups is 3. The van der Waals surface area contributed by atoms with Crippen molar-refractivity contribution >= 4 is 28.0 Å². The molecular weight excluding hydrogens is 456 g/mol. The summed E-state index contributed by atoms with van der Waals surface area (Å²) in [6.45, 7) is 2.24. The van der Waals surface area contributed by atoms with Crippen LogP contribution in [0, 0.1) is 5.92 Å². The first kappa shape index (κ1) is 21.6. The first-order chi connectivity index (χ1) is 17.3. The molecule has 1 aliphatic heterocycles. The number of hydrogen-bond donors (Lipinski definition) is 3. The summed E-state index contributed by atoms with van der Waals surface area (Å²) >= 11 is 0. The van der Waals surface area contributed by atoms with Crippen LogP contribution in [0.15, 0.2) is 40.3 Å². The van der Waals surface area contributed by atoms with Gasteiger partial charge in [0.1, 0.15) is 0 Å². The third-order valence-electron chi connectivity index (χ3n) is 6.23. The fourth-order valence-corrected chi connectivity index (χ4v) is 5.16. The molecule has 1 saturated carbocycles. The fourth-order valence-electron chi connectivity index (χ4n) is 4.24. The lowest BCUT2D eigenvalue weighted by Gasteiger charge is -2.26. The summed E-state index contributed by atoms with van der Waals surface area (Å²) in [7, 11) is -4.10. The molecule has 10 heteroatoms. The van der Waals surface area contributed by atoms with E-state index in [1.165, 1.54) is 17.0 Å². The van der Waals surface area contributed by atoms with E-state index >= 15 is 0 Å². The smallest absolute Gasteiger partial charge is 0.328 e. The first-order valence-electron chi connectivity index (χ1n) is 13.0. The summed E-state index contributed by atoms with van der Waals surface area (Å²) in [6, 6.07) is 4.34. The summed E-state index contributed by atoms with van der Waals surface area (Å²) < 4.78 is 49.7. The van der Waals surface area contributed by atoms with Gasteiger partial charge in [0.05, 0.1) is 11.4 Å². The van der Waals surface area contributed by atoms with Crippen molar-refractivity contribution in [2.24, 2.45) is 5.92 Å². The highest BCUT2D eigenvalue weighted by Gasteiger charge is 2.31. The number of hydrogen-bond acceptors (Lipinski definition) is 5. The number of nitrogens with one attached hydrogen (secondary N) is 3. The Hall–Kier alpha value is -2.88. The SMILES string of the molecule is [2H]C([2H])([2H])C1CCC(NC(=O)NS(=O)(=O)c2ccc(CCNC(=O)N3CC(C)=C(CC)C3=O)cc2)CC1. The third-order valence-corrected chi connectivity index (χ3v) is 7.57. The predicted molar refractivity (Wildman–Crippen MR) is 129 cm³/mol. The van der Waals surface area contributed by atoms with Crippen LogP contribution in [0.5, 0.6) is 0 Å². The van der Waals surface area contributed by atoms with Crippen molar-refractivity contribution in [1.29, 1.82) is 0 Å². The zero-order chi connectivity index (χ0) is 27.4. The Balaban J connectivity index is 1.45. The molecule has 1 fully saturated rings. The molecule has 1 heterocycles. The second-order valence-electron chi connectivity index (χ2n) is 8.76. The molecule has 1 aromatic rings. The molecular formula is C24H34N4O5S. The normalized spacial score (nSPS) is 22.6. The van der Waals surface area contributed by atoms with E-state index in [-0.39, 0.29) is 29.9 Å². The number of urea groups is 2. The van der Waals surface area contributed by atoms with E-state index in [1.807, 2.05) is 18.6 Å². The van der Waals surface area contributed by atoms with E-state index in [0.29, 0.717) is 44.1 Å². The van der Waals surface area contributed by atoms with Crippen LogP contribution in [0.1, 0.15) is 62.5 Å².